The van der Waals surface area contributed by atoms with Crippen LogP contribution in [0, 0.1) is 6.92 Å². The molecular weight excluding hydrogens is 180 g/mol. The molecule has 0 radical (unpaired) electrons. The van der Waals surface area contributed by atoms with E-state index in [1.807, 2.05) is 13.0 Å². The number of H-pyrrole nitrogens is 1. The van der Waals surface area contributed by atoms with Gasteiger partial charge in [-0.1, -0.05) is 0 Å². The molecule has 3 heteroatoms. The molecule has 0 aromatic carbocycles. The summed E-state index contributed by atoms with van der Waals surface area (Å²) in [6.45, 7) is 2.61. The molecule has 0 atom stereocenters. The lowest BCUT2D eigenvalue weighted by atomic mass is 10.3. The smallest absolute Gasteiger partial charge is 0.0825 e. The van der Waals surface area contributed by atoms with Gasteiger partial charge in [-0.25, -0.2) is 0 Å². The van der Waals surface area contributed by atoms with E-state index in [-0.39, 0.29) is 0 Å². The van der Waals surface area contributed by atoms with Gasteiger partial charge in [0.05, 0.1) is 4.60 Å². The second-order valence-electron chi connectivity index (χ2n) is 1.98. The third kappa shape index (κ3) is 1.34. The second-order valence-corrected chi connectivity index (χ2v) is 2.84. The Morgan fingerprint density at radius 2 is 2.44 bits per heavy atom. The van der Waals surface area contributed by atoms with E-state index in [0.717, 1.165) is 10.3 Å². The zero-order chi connectivity index (χ0) is 6.85. The molecule has 0 aliphatic carbocycles. The minimum Gasteiger partial charge on any atom is -0.352 e. The lowest BCUT2D eigenvalue weighted by molar-refractivity contribution is 0.991. The molecule has 0 saturated heterocycles. The van der Waals surface area contributed by atoms with Gasteiger partial charge in [0.1, 0.15) is 0 Å². The quantitative estimate of drug-likeness (QED) is 0.691. The fourth-order valence-corrected chi connectivity index (χ4v) is 1.35. The molecule has 1 aromatic heterocycles. The molecule has 0 unspecified atom stereocenters. The number of aromatic amines is 1. The Morgan fingerprint density at radius 1 is 1.78 bits per heavy atom. The molecule has 9 heavy (non-hydrogen) atoms. The van der Waals surface area contributed by atoms with E-state index in [2.05, 4.69) is 20.9 Å². The van der Waals surface area contributed by atoms with E-state index in [0.29, 0.717) is 6.54 Å². The first-order valence-corrected chi connectivity index (χ1v) is 3.57. The summed E-state index contributed by atoms with van der Waals surface area (Å²) in [5, 5.41) is 0. The van der Waals surface area contributed by atoms with Crippen molar-refractivity contribution in [3.8, 4) is 0 Å². The first kappa shape index (κ1) is 6.83. The fraction of sp³-hybridized carbons (Fsp3) is 0.333. The summed E-state index contributed by atoms with van der Waals surface area (Å²) in [7, 11) is 0. The Balaban J connectivity index is 3.01. The number of rotatable bonds is 1. The highest BCUT2D eigenvalue weighted by Crippen LogP contribution is 2.13. The number of nitrogens with two attached hydrogens (primary N) is 1. The van der Waals surface area contributed by atoms with Crippen LogP contribution in [0.4, 0.5) is 0 Å². The Kier molecular flexibility index (Phi) is 1.93. The molecule has 0 saturated carbocycles. The summed E-state index contributed by atoms with van der Waals surface area (Å²) in [6.07, 6.45) is 0. The number of nitrogens with one attached hydrogen (secondary N) is 1. The van der Waals surface area contributed by atoms with E-state index in [1.165, 1.54) is 5.56 Å². The Bertz CT molecular complexity index is 205. The number of aromatic nitrogens is 1. The van der Waals surface area contributed by atoms with Crippen molar-refractivity contribution in [1.82, 2.24) is 4.98 Å². The monoisotopic (exact) mass is 188 g/mol. The van der Waals surface area contributed by atoms with Crippen molar-refractivity contribution < 1.29 is 0 Å². The van der Waals surface area contributed by atoms with Crippen LogP contribution in [0.15, 0.2) is 10.7 Å². The van der Waals surface area contributed by atoms with Gasteiger partial charge >= 0.3 is 0 Å². The highest BCUT2D eigenvalue weighted by Gasteiger charge is 1.97. The molecule has 0 amide bonds. The number of aryl methyl sites for hydroxylation is 1. The van der Waals surface area contributed by atoms with E-state index >= 15 is 0 Å². The van der Waals surface area contributed by atoms with Gasteiger partial charge in [0.15, 0.2) is 0 Å². The maximum atomic E-state index is 5.41. The number of halogens is 1. The van der Waals surface area contributed by atoms with Gasteiger partial charge < -0.3 is 10.7 Å². The largest absolute Gasteiger partial charge is 0.352 e. The fourth-order valence-electron chi connectivity index (χ4n) is 0.768. The van der Waals surface area contributed by atoms with E-state index in [1.54, 1.807) is 0 Å². The maximum Gasteiger partial charge on any atom is 0.0825 e. The molecule has 50 valence electrons. The van der Waals surface area contributed by atoms with Crippen LogP contribution >= 0.6 is 15.9 Å². The van der Waals surface area contributed by atoms with Crippen LogP contribution in [0.3, 0.4) is 0 Å². The molecule has 0 aliphatic heterocycles. The summed E-state index contributed by atoms with van der Waals surface area (Å²) in [6, 6.07) is 2.02. The Morgan fingerprint density at radius 3 is 2.67 bits per heavy atom. The number of hydrogen-bond donors (Lipinski definition) is 2. The summed E-state index contributed by atoms with van der Waals surface area (Å²) < 4.78 is 1.00. The molecular formula is C6H9BrN2. The van der Waals surface area contributed by atoms with Crippen LogP contribution in [0.5, 0.6) is 0 Å². The van der Waals surface area contributed by atoms with Gasteiger partial charge in [-0.15, -0.1) is 0 Å². The zero-order valence-corrected chi connectivity index (χ0v) is 6.83. The Labute approximate surface area is 62.6 Å². The molecule has 2 nitrogen and oxygen atoms in total. The second kappa shape index (κ2) is 2.54. The lowest BCUT2D eigenvalue weighted by Crippen LogP contribution is -1.97. The topological polar surface area (TPSA) is 41.8 Å². The van der Waals surface area contributed by atoms with Crippen molar-refractivity contribution in [2.24, 2.45) is 5.73 Å². The van der Waals surface area contributed by atoms with Gasteiger partial charge in [0.25, 0.3) is 0 Å². The van der Waals surface area contributed by atoms with Crippen molar-refractivity contribution in [3.63, 3.8) is 0 Å². The van der Waals surface area contributed by atoms with Crippen LogP contribution in [0.2, 0.25) is 0 Å². The molecule has 0 fully saturated rings. The van der Waals surface area contributed by atoms with Crippen LogP contribution in [0.25, 0.3) is 0 Å². The summed E-state index contributed by atoms with van der Waals surface area (Å²) >= 11 is 3.31. The van der Waals surface area contributed by atoms with E-state index in [4.69, 9.17) is 5.73 Å². The van der Waals surface area contributed by atoms with Crippen LogP contribution in [0.1, 0.15) is 11.3 Å². The van der Waals surface area contributed by atoms with Crippen LogP contribution in [-0.4, -0.2) is 4.98 Å². The molecule has 0 bridgehead atoms. The average Bonchev–Trinajstić information content (AvgIpc) is 2.10. The third-order valence-corrected chi connectivity index (χ3v) is 1.72. The maximum absolute atomic E-state index is 5.41. The number of hydrogen-bond acceptors (Lipinski definition) is 1. The van der Waals surface area contributed by atoms with E-state index < -0.39 is 0 Å². The first-order valence-electron chi connectivity index (χ1n) is 2.78. The molecule has 0 aliphatic rings. The van der Waals surface area contributed by atoms with Gasteiger partial charge in [-0.05, 0) is 34.5 Å². The van der Waals surface area contributed by atoms with Crippen molar-refractivity contribution in [2.45, 2.75) is 13.5 Å². The lowest BCUT2D eigenvalue weighted by Gasteiger charge is -1.89. The minimum absolute atomic E-state index is 0.581. The Hall–Kier alpha value is -0.280. The van der Waals surface area contributed by atoms with Gasteiger partial charge in [-0.2, -0.15) is 0 Å². The molecule has 1 rings (SSSR count). The van der Waals surface area contributed by atoms with Crippen molar-refractivity contribution in [3.05, 3.63) is 21.9 Å². The van der Waals surface area contributed by atoms with Gasteiger partial charge in [-0.3, -0.25) is 0 Å². The average molecular weight is 189 g/mol. The predicted molar refractivity (Wildman–Crippen MR) is 41.1 cm³/mol. The first-order chi connectivity index (χ1) is 4.24. The van der Waals surface area contributed by atoms with Crippen LogP contribution < -0.4 is 5.73 Å². The standard InChI is InChI=1S/C6H9BrN2/c1-4-2-6(7)9-5(4)3-8/h2,9H,3,8H2,1H3. The van der Waals surface area contributed by atoms with Crippen LogP contribution in [-0.2, 0) is 6.54 Å². The van der Waals surface area contributed by atoms with Crippen molar-refractivity contribution in [2.75, 3.05) is 0 Å². The molecule has 3 N–H and O–H groups in total. The molecule has 1 heterocycles. The highest BCUT2D eigenvalue weighted by molar-refractivity contribution is 9.10. The van der Waals surface area contributed by atoms with Gasteiger partial charge in [0.2, 0.25) is 0 Å². The predicted octanol–water partition coefficient (Wildman–Crippen LogP) is 1.54. The highest BCUT2D eigenvalue weighted by atomic mass is 79.9. The summed E-state index contributed by atoms with van der Waals surface area (Å²) in [5.41, 5.74) is 7.72. The van der Waals surface area contributed by atoms with Crippen molar-refractivity contribution >= 4 is 15.9 Å². The normalized spacial score (nSPS) is 10.1. The molecule has 1 aromatic rings. The SMILES string of the molecule is Cc1cc(Br)[nH]c1CN. The zero-order valence-electron chi connectivity index (χ0n) is 5.24. The van der Waals surface area contributed by atoms with E-state index in [9.17, 15) is 0 Å². The third-order valence-electron chi connectivity index (χ3n) is 1.29. The minimum atomic E-state index is 0.581. The van der Waals surface area contributed by atoms with Gasteiger partial charge in [0, 0.05) is 12.2 Å². The molecule has 0 spiro atoms. The summed E-state index contributed by atoms with van der Waals surface area (Å²) in [5.74, 6) is 0. The summed E-state index contributed by atoms with van der Waals surface area (Å²) in [4.78, 5) is 3.09. The van der Waals surface area contributed by atoms with Crippen molar-refractivity contribution in [1.29, 1.82) is 0 Å².